The summed E-state index contributed by atoms with van der Waals surface area (Å²) in [5.41, 5.74) is 2.70. The highest BCUT2D eigenvalue weighted by atomic mass is 16.5. The maximum absolute atomic E-state index is 10.4. The highest BCUT2D eigenvalue weighted by Gasteiger charge is 2.26. The number of nitrogens with zero attached hydrogens (tertiary/aromatic N) is 1. The minimum atomic E-state index is -0.447. The van der Waals surface area contributed by atoms with Crippen LogP contribution >= 0.6 is 0 Å². The minimum absolute atomic E-state index is 0.135. The van der Waals surface area contributed by atoms with Crippen LogP contribution in [0.1, 0.15) is 43.9 Å². The average Bonchev–Trinajstić information content (AvgIpc) is 2.56. The Hall–Kier alpha value is -0.940. The van der Waals surface area contributed by atoms with Gasteiger partial charge in [-0.05, 0) is 44.2 Å². The van der Waals surface area contributed by atoms with Crippen molar-refractivity contribution in [2.75, 3.05) is 26.3 Å². The Morgan fingerprint density at radius 1 is 1.35 bits per heavy atom. The Kier molecular flexibility index (Phi) is 5.70. The summed E-state index contributed by atoms with van der Waals surface area (Å²) in [4.78, 5) is 2.30. The van der Waals surface area contributed by atoms with Crippen LogP contribution < -0.4 is 0 Å². The van der Waals surface area contributed by atoms with E-state index >= 15 is 0 Å². The van der Waals surface area contributed by atoms with E-state index in [0.29, 0.717) is 19.2 Å². The summed E-state index contributed by atoms with van der Waals surface area (Å²) in [7, 11) is 0. The van der Waals surface area contributed by atoms with Crippen LogP contribution in [0.3, 0.4) is 0 Å². The Bertz CT molecular complexity index is 507. The van der Waals surface area contributed by atoms with Crippen molar-refractivity contribution in [2.24, 2.45) is 0 Å². The van der Waals surface area contributed by atoms with Gasteiger partial charge in [0.25, 0.3) is 0 Å². The largest absolute Gasteiger partial charge is 0.389 e. The number of aliphatic hydroxyl groups excluding tert-OH is 1. The molecule has 4 heteroatoms. The smallest absolute Gasteiger partial charge is 0.0900 e. The van der Waals surface area contributed by atoms with Crippen molar-refractivity contribution in [2.45, 2.75) is 57.5 Å². The van der Waals surface area contributed by atoms with E-state index in [-0.39, 0.29) is 12.2 Å². The fourth-order valence-electron chi connectivity index (χ4n) is 3.66. The average molecular weight is 319 g/mol. The Morgan fingerprint density at radius 2 is 2.17 bits per heavy atom. The third kappa shape index (κ3) is 4.32. The van der Waals surface area contributed by atoms with Crippen molar-refractivity contribution in [3.63, 3.8) is 0 Å². The number of rotatable bonds is 5. The lowest BCUT2D eigenvalue weighted by Crippen LogP contribution is -2.50. The summed E-state index contributed by atoms with van der Waals surface area (Å²) in [5, 5.41) is 10.4. The van der Waals surface area contributed by atoms with E-state index in [1.54, 1.807) is 0 Å². The lowest BCUT2D eigenvalue weighted by Gasteiger charge is -2.38. The molecule has 3 rings (SSSR count). The number of β-amino-alcohol motifs (C(OH)–C–C–N with tert-alkyl or cyclic N) is 1. The van der Waals surface area contributed by atoms with E-state index in [0.717, 1.165) is 32.4 Å². The van der Waals surface area contributed by atoms with E-state index in [9.17, 15) is 5.11 Å². The van der Waals surface area contributed by atoms with Gasteiger partial charge in [-0.25, -0.2) is 0 Å². The van der Waals surface area contributed by atoms with Gasteiger partial charge in [-0.2, -0.15) is 0 Å². The lowest BCUT2D eigenvalue weighted by atomic mass is 9.89. The van der Waals surface area contributed by atoms with Crippen molar-refractivity contribution in [3.05, 3.63) is 35.4 Å². The lowest BCUT2D eigenvalue weighted by molar-refractivity contribution is -0.0778. The Balaban J connectivity index is 1.50. The van der Waals surface area contributed by atoms with Crippen LogP contribution in [0.25, 0.3) is 0 Å². The van der Waals surface area contributed by atoms with Crippen LogP contribution in [0.4, 0.5) is 0 Å². The molecule has 0 amide bonds. The molecule has 1 aliphatic carbocycles. The highest BCUT2D eigenvalue weighted by molar-refractivity contribution is 5.31. The third-order valence-corrected chi connectivity index (χ3v) is 4.99. The zero-order chi connectivity index (χ0) is 16.2. The molecule has 0 bridgehead atoms. The SMILES string of the molecule is CC1CN(CC(O)COC2CCCc3ccccc32)C(C)CO1. The normalized spacial score (nSPS) is 30.0. The van der Waals surface area contributed by atoms with Gasteiger partial charge in [-0.1, -0.05) is 24.3 Å². The molecule has 2 aliphatic rings. The zero-order valence-corrected chi connectivity index (χ0v) is 14.3. The van der Waals surface area contributed by atoms with Crippen molar-refractivity contribution in [3.8, 4) is 0 Å². The molecular formula is C19H29NO3. The van der Waals surface area contributed by atoms with Crippen LogP contribution in [0.15, 0.2) is 24.3 Å². The molecule has 1 aromatic rings. The van der Waals surface area contributed by atoms with Gasteiger partial charge in [0.15, 0.2) is 0 Å². The van der Waals surface area contributed by atoms with Crippen molar-refractivity contribution in [1.82, 2.24) is 4.90 Å². The molecule has 1 aliphatic heterocycles. The molecule has 1 heterocycles. The van der Waals surface area contributed by atoms with Gasteiger partial charge in [0.1, 0.15) is 0 Å². The van der Waals surface area contributed by atoms with E-state index < -0.39 is 6.10 Å². The molecule has 0 radical (unpaired) electrons. The van der Waals surface area contributed by atoms with Crippen LogP contribution in [-0.2, 0) is 15.9 Å². The van der Waals surface area contributed by atoms with Gasteiger partial charge in [0.2, 0.25) is 0 Å². The van der Waals surface area contributed by atoms with E-state index in [4.69, 9.17) is 9.47 Å². The number of ether oxygens (including phenoxy) is 2. The van der Waals surface area contributed by atoms with Gasteiger partial charge in [-0.15, -0.1) is 0 Å². The number of hydrogen-bond donors (Lipinski definition) is 1. The summed E-state index contributed by atoms with van der Waals surface area (Å²) in [6, 6.07) is 8.89. The number of hydrogen-bond acceptors (Lipinski definition) is 4. The summed E-state index contributed by atoms with van der Waals surface area (Å²) >= 11 is 0. The molecule has 4 unspecified atom stereocenters. The first-order chi connectivity index (χ1) is 11.1. The fourth-order valence-corrected chi connectivity index (χ4v) is 3.66. The Labute approximate surface area is 139 Å². The van der Waals surface area contributed by atoms with E-state index in [2.05, 4.69) is 43.0 Å². The zero-order valence-electron chi connectivity index (χ0n) is 14.3. The molecule has 4 atom stereocenters. The predicted molar refractivity (Wildman–Crippen MR) is 90.5 cm³/mol. The van der Waals surface area contributed by atoms with Crippen LogP contribution in [-0.4, -0.2) is 54.6 Å². The van der Waals surface area contributed by atoms with Crippen LogP contribution in [0.2, 0.25) is 0 Å². The summed E-state index contributed by atoms with van der Waals surface area (Å²) in [6.07, 6.45) is 3.28. The number of benzene rings is 1. The number of aliphatic hydroxyl groups is 1. The fraction of sp³-hybridized carbons (Fsp3) is 0.684. The van der Waals surface area contributed by atoms with Gasteiger partial charge < -0.3 is 14.6 Å². The van der Waals surface area contributed by atoms with Crippen molar-refractivity contribution in [1.29, 1.82) is 0 Å². The summed E-state index contributed by atoms with van der Waals surface area (Å²) in [5.74, 6) is 0. The Morgan fingerprint density at radius 3 is 3.04 bits per heavy atom. The number of aryl methyl sites for hydroxylation is 1. The number of fused-ring (bicyclic) bond motifs is 1. The monoisotopic (exact) mass is 319 g/mol. The topological polar surface area (TPSA) is 41.9 Å². The second kappa shape index (κ2) is 7.75. The highest BCUT2D eigenvalue weighted by Crippen LogP contribution is 2.32. The van der Waals surface area contributed by atoms with Crippen molar-refractivity contribution < 1.29 is 14.6 Å². The third-order valence-electron chi connectivity index (χ3n) is 4.99. The van der Waals surface area contributed by atoms with E-state index in [1.807, 2.05) is 0 Å². The maximum atomic E-state index is 10.4. The second-order valence-corrected chi connectivity index (χ2v) is 7.01. The number of morpholine rings is 1. The quantitative estimate of drug-likeness (QED) is 0.906. The molecule has 23 heavy (non-hydrogen) atoms. The molecule has 128 valence electrons. The molecule has 1 fully saturated rings. The summed E-state index contributed by atoms with van der Waals surface area (Å²) in [6.45, 7) is 6.91. The van der Waals surface area contributed by atoms with Gasteiger partial charge in [0.05, 0.1) is 31.5 Å². The molecule has 0 spiro atoms. The van der Waals surface area contributed by atoms with Gasteiger partial charge in [-0.3, -0.25) is 4.90 Å². The molecule has 1 aromatic carbocycles. The van der Waals surface area contributed by atoms with Crippen molar-refractivity contribution >= 4 is 0 Å². The molecular weight excluding hydrogens is 290 g/mol. The molecule has 4 nitrogen and oxygen atoms in total. The van der Waals surface area contributed by atoms with Crippen LogP contribution in [0, 0.1) is 0 Å². The molecule has 0 aromatic heterocycles. The first kappa shape index (κ1) is 16.9. The van der Waals surface area contributed by atoms with Crippen LogP contribution in [0.5, 0.6) is 0 Å². The maximum Gasteiger partial charge on any atom is 0.0900 e. The van der Waals surface area contributed by atoms with E-state index in [1.165, 1.54) is 11.1 Å². The standard InChI is InChI=1S/C19H29NO3/c1-14-12-22-15(2)10-20(14)11-17(21)13-23-19-9-5-7-16-6-3-4-8-18(16)19/h3-4,6,8,14-15,17,19,21H,5,7,9-13H2,1-2H3. The van der Waals surface area contributed by atoms with Gasteiger partial charge in [0, 0.05) is 19.1 Å². The first-order valence-electron chi connectivity index (χ1n) is 8.86. The predicted octanol–water partition coefficient (Wildman–Crippen LogP) is 2.55. The molecule has 0 saturated carbocycles. The molecule has 1 N–H and O–H groups in total. The first-order valence-corrected chi connectivity index (χ1v) is 8.86. The minimum Gasteiger partial charge on any atom is -0.389 e. The van der Waals surface area contributed by atoms with Gasteiger partial charge >= 0.3 is 0 Å². The summed E-state index contributed by atoms with van der Waals surface area (Å²) < 4.78 is 11.7. The second-order valence-electron chi connectivity index (χ2n) is 7.01. The molecule has 1 saturated heterocycles.